The summed E-state index contributed by atoms with van der Waals surface area (Å²) < 4.78 is 59.8. The van der Waals surface area contributed by atoms with Gasteiger partial charge in [-0.3, -0.25) is 4.79 Å². The molecule has 2 aromatic carbocycles. The molecule has 2 rings (SSSR count). The van der Waals surface area contributed by atoms with Crippen LogP contribution < -0.4 is 0 Å². The largest absolute Gasteiger partial charge is 0.453 e. The van der Waals surface area contributed by atoms with E-state index in [4.69, 9.17) is 57.6 Å². The third kappa shape index (κ3) is 43.9. The lowest BCUT2D eigenvalue weighted by Crippen LogP contribution is -2.34. The van der Waals surface area contributed by atoms with Crippen LogP contribution in [0.15, 0.2) is 73.3 Å². The van der Waals surface area contributed by atoms with E-state index in [0.717, 1.165) is 51.4 Å². The molecule has 0 saturated carbocycles. The molecule has 0 aliphatic carbocycles. The summed E-state index contributed by atoms with van der Waals surface area (Å²) in [7, 11) is 14.9. The number of aldehydes is 2. The first-order chi connectivity index (χ1) is 36.6. The number of benzene rings is 2. The van der Waals surface area contributed by atoms with Gasteiger partial charge in [0, 0.05) is 77.7 Å². The Morgan fingerprint density at radius 1 is 0.487 bits per heavy atom. The summed E-state index contributed by atoms with van der Waals surface area (Å²) in [5.41, 5.74) is 1.01. The van der Waals surface area contributed by atoms with Crippen molar-refractivity contribution in [3.63, 3.8) is 0 Å². The molecule has 0 heterocycles. The fraction of sp³-hybridized carbons (Fsp3) is 0.679. The van der Waals surface area contributed by atoms with Crippen LogP contribution >= 0.6 is 0 Å². The zero-order valence-corrected chi connectivity index (χ0v) is 48.5. The van der Waals surface area contributed by atoms with E-state index in [9.17, 15) is 29.4 Å². The van der Waals surface area contributed by atoms with Crippen molar-refractivity contribution in [2.45, 2.75) is 174 Å². The summed E-state index contributed by atoms with van der Waals surface area (Å²) in [6.07, 6.45) is 6.70. The molecule has 0 bridgehead atoms. The van der Waals surface area contributed by atoms with E-state index in [2.05, 4.69) is 29.9 Å². The standard InChI is InChI=1S/C15H22O4.C14H20O5.C8H18O3.C7H14O3.C6H12O2.C4H8O3.C2H6/c1-4-5-11-13(15(17-2)18-3)19-14(16)12-9-7-6-8-10-12;1-17-14(18-2)12(9-6-10-15)19-13(16)11-7-4-3-5-8-11;1-4-5-6-7(9)8(10-2)11-3;1-4-5-6(8)7(9-2)10-3;1-2-3-4-6(8)5-7;1-6-4(3-5)7-2;1-2/h6-10,13,15H,4-5,11H2,1-3H3;3-5,7-8,12,14-15H,6,9-10H2,1-2H3;7-9H,4-6H2,1-3H3;4,6-8H,1,5H2,2-3H3;5-6,8H,2-4H2,1H3;3-4H,1-2H3;1-2H3. The Morgan fingerprint density at radius 3 is 1.12 bits per heavy atom. The van der Waals surface area contributed by atoms with Gasteiger partial charge in [0.05, 0.1) is 11.1 Å². The van der Waals surface area contributed by atoms with Crippen LogP contribution in [0.5, 0.6) is 0 Å². The average Bonchev–Trinajstić information content (AvgIpc) is 3.46. The number of carbonyl (C=O) groups is 4. The van der Waals surface area contributed by atoms with E-state index >= 15 is 0 Å². The van der Waals surface area contributed by atoms with E-state index in [0.29, 0.717) is 49.4 Å². The Morgan fingerprint density at radius 2 is 0.829 bits per heavy atom. The highest BCUT2D eigenvalue weighted by atomic mass is 16.7. The van der Waals surface area contributed by atoms with E-state index in [1.165, 1.54) is 56.9 Å². The molecule has 20 nitrogen and oxygen atoms in total. The van der Waals surface area contributed by atoms with Crippen molar-refractivity contribution in [3.8, 4) is 0 Å². The van der Waals surface area contributed by atoms with Crippen molar-refractivity contribution in [2.24, 2.45) is 0 Å². The normalized spacial score (nSPS) is 12.4. The molecule has 0 spiro atoms. The fourth-order valence-corrected chi connectivity index (χ4v) is 5.90. The van der Waals surface area contributed by atoms with Crippen LogP contribution in [0.1, 0.15) is 132 Å². The number of esters is 2. The van der Waals surface area contributed by atoms with Crippen molar-refractivity contribution in [1.82, 2.24) is 0 Å². The van der Waals surface area contributed by atoms with Crippen molar-refractivity contribution in [2.75, 3.05) is 77.7 Å². The average molecular weight is 1090 g/mol. The zero-order valence-electron chi connectivity index (χ0n) is 48.5. The Hall–Kier alpha value is -4.10. The quantitative estimate of drug-likeness (QED) is 0.0225. The Kier molecular flexibility index (Phi) is 63.9. The van der Waals surface area contributed by atoms with Gasteiger partial charge in [-0.2, -0.15) is 0 Å². The minimum absolute atomic E-state index is 0.0273. The van der Waals surface area contributed by atoms with Gasteiger partial charge in [0.15, 0.2) is 43.7 Å². The SMILES string of the molecule is C=CCC(O)C(OC)OC.CC.CCCCC(O)C(OC)OC.CCCCC(O)C=O.CCCCC(OC(=O)c1ccccc1)C(OC)OC.COC(C=O)OC.COC(OC)C(CCCO)OC(=O)c1ccccc1. The number of ether oxygens (including phenoxy) is 12. The van der Waals surface area contributed by atoms with Crippen molar-refractivity contribution < 1.29 is 96.4 Å². The van der Waals surface area contributed by atoms with E-state index in [1.807, 2.05) is 45.0 Å². The topological polar surface area (TPSA) is 260 Å². The monoisotopic (exact) mass is 1090 g/mol. The van der Waals surface area contributed by atoms with Gasteiger partial charge in [-0.05, 0) is 69.2 Å². The fourth-order valence-electron chi connectivity index (χ4n) is 5.90. The van der Waals surface area contributed by atoms with E-state index in [1.54, 1.807) is 56.7 Å². The molecule has 5 unspecified atom stereocenters. The molecule has 5 atom stereocenters. The highest BCUT2D eigenvalue weighted by molar-refractivity contribution is 5.89. The molecule has 0 fully saturated rings. The summed E-state index contributed by atoms with van der Waals surface area (Å²) in [4.78, 5) is 43.5. The first-order valence-corrected chi connectivity index (χ1v) is 25.6. The molecule has 444 valence electrons. The van der Waals surface area contributed by atoms with Crippen molar-refractivity contribution >= 4 is 24.5 Å². The van der Waals surface area contributed by atoms with Gasteiger partial charge in [-0.25, -0.2) is 9.59 Å². The van der Waals surface area contributed by atoms with Gasteiger partial charge in [-0.1, -0.05) is 109 Å². The summed E-state index contributed by atoms with van der Waals surface area (Å²) in [5.74, 6) is -0.775. The number of aliphatic hydroxyl groups is 4. The molecule has 0 aromatic heterocycles. The lowest BCUT2D eigenvalue weighted by molar-refractivity contribution is -0.167. The third-order valence-corrected chi connectivity index (χ3v) is 9.97. The number of methoxy groups -OCH3 is 10. The molecule has 0 radical (unpaired) electrons. The van der Waals surface area contributed by atoms with Crippen molar-refractivity contribution in [1.29, 1.82) is 0 Å². The molecule has 76 heavy (non-hydrogen) atoms. The van der Waals surface area contributed by atoms with E-state index in [-0.39, 0.29) is 18.7 Å². The molecule has 20 heteroatoms. The molecular formula is C56H100O20. The molecule has 0 saturated heterocycles. The predicted molar refractivity (Wildman–Crippen MR) is 292 cm³/mol. The van der Waals surface area contributed by atoms with Gasteiger partial charge in [0.1, 0.15) is 24.6 Å². The molecule has 0 aliphatic heterocycles. The van der Waals surface area contributed by atoms with Crippen LogP contribution in [-0.4, -0.2) is 185 Å². The minimum atomic E-state index is -0.727. The minimum Gasteiger partial charge on any atom is -0.453 e. The number of unbranched alkanes of at least 4 members (excludes halogenated alkanes) is 3. The molecular weight excluding hydrogens is 993 g/mol. The Bertz CT molecular complexity index is 1450. The molecule has 4 N–H and O–H groups in total. The third-order valence-electron chi connectivity index (χ3n) is 9.97. The predicted octanol–water partition coefficient (Wildman–Crippen LogP) is 7.89. The summed E-state index contributed by atoms with van der Waals surface area (Å²) in [6.45, 7) is 13.7. The summed E-state index contributed by atoms with van der Waals surface area (Å²) in [5, 5.41) is 36.1. The Balaban J connectivity index is -0.000000275. The van der Waals surface area contributed by atoms with Crippen LogP contribution in [0.4, 0.5) is 0 Å². The lowest BCUT2D eigenvalue weighted by Gasteiger charge is -2.24. The number of carbonyl (C=O) groups excluding carboxylic acids is 4. The van der Waals surface area contributed by atoms with Gasteiger partial charge in [0.2, 0.25) is 6.29 Å². The maximum atomic E-state index is 12.0. The maximum absolute atomic E-state index is 12.0. The van der Waals surface area contributed by atoms with Crippen LogP contribution in [0.3, 0.4) is 0 Å². The number of hydrogen-bond donors (Lipinski definition) is 4. The number of rotatable bonds is 34. The Labute approximate surface area is 455 Å². The van der Waals surface area contributed by atoms with Gasteiger partial charge in [-0.15, -0.1) is 6.58 Å². The summed E-state index contributed by atoms with van der Waals surface area (Å²) in [6, 6.07) is 17.7. The van der Waals surface area contributed by atoms with Gasteiger partial charge in [0.25, 0.3) is 0 Å². The second kappa shape index (κ2) is 60.1. The van der Waals surface area contributed by atoms with Crippen LogP contribution in [0, 0.1) is 0 Å². The van der Waals surface area contributed by atoms with E-state index < -0.39 is 61.8 Å². The highest BCUT2D eigenvalue weighted by Crippen LogP contribution is 2.16. The molecule has 2 aromatic rings. The first kappa shape index (κ1) is 80.8. The maximum Gasteiger partial charge on any atom is 0.338 e. The van der Waals surface area contributed by atoms with Crippen molar-refractivity contribution in [3.05, 3.63) is 84.4 Å². The second-order valence-electron chi connectivity index (χ2n) is 15.6. The van der Waals surface area contributed by atoms with Crippen LogP contribution in [-0.2, 0) is 66.4 Å². The first-order valence-electron chi connectivity index (χ1n) is 25.6. The summed E-state index contributed by atoms with van der Waals surface area (Å²) >= 11 is 0. The second-order valence-corrected chi connectivity index (χ2v) is 15.6. The number of aliphatic hydroxyl groups excluding tert-OH is 4. The highest BCUT2D eigenvalue weighted by Gasteiger charge is 2.26. The smallest absolute Gasteiger partial charge is 0.338 e. The van der Waals surface area contributed by atoms with Crippen LogP contribution in [0.2, 0.25) is 0 Å². The molecule has 0 aliphatic rings. The zero-order chi connectivity index (χ0) is 59.0. The number of hydrogen-bond acceptors (Lipinski definition) is 20. The van der Waals surface area contributed by atoms with Gasteiger partial charge < -0.3 is 82.1 Å². The lowest BCUT2D eigenvalue weighted by atomic mass is 10.1. The van der Waals surface area contributed by atoms with Gasteiger partial charge >= 0.3 is 11.9 Å². The molecule has 0 amide bonds. The van der Waals surface area contributed by atoms with Crippen LogP contribution in [0.25, 0.3) is 0 Å².